The normalized spacial score (nSPS) is 17.2. The van der Waals surface area contributed by atoms with Crippen molar-refractivity contribution in [2.45, 2.75) is 56.9 Å². The molecule has 1 aliphatic heterocycles. The maximum atomic E-state index is 13.4. The van der Waals surface area contributed by atoms with Crippen molar-refractivity contribution < 1.29 is 13.2 Å². The number of rotatable bonds is 7. The first-order valence-electron chi connectivity index (χ1n) is 11.9. The highest BCUT2D eigenvalue weighted by Gasteiger charge is 2.23. The Kier molecular flexibility index (Phi) is 7.24. The fourth-order valence-electron chi connectivity index (χ4n) is 4.43. The van der Waals surface area contributed by atoms with Gasteiger partial charge in [0.1, 0.15) is 0 Å². The summed E-state index contributed by atoms with van der Waals surface area (Å²) in [6.07, 6.45) is 4.98. The highest BCUT2D eigenvalue weighted by atomic mass is 32.2. The molecular weight excluding hydrogens is 436 g/mol. The number of hydrogen-bond acceptors (Lipinski definition) is 5. The van der Waals surface area contributed by atoms with E-state index in [1.807, 2.05) is 26.0 Å². The first-order valence-corrected chi connectivity index (χ1v) is 13.4. The quantitative estimate of drug-likeness (QED) is 0.578. The number of nitrogens with zero attached hydrogens (tertiary/aromatic N) is 1. The summed E-state index contributed by atoms with van der Waals surface area (Å²) < 4.78 is 29.6. The van der Waals surface area contributed by atoms with Crippen LogP contribution in [0.2, 0.25) is 0 Å². The van der Waals surface area contributed by atoms with Crippen molar-refractivity contribution in [3.05, 3.63) is 53.1 Å². The average Bonchev–Trinajstić information content (AvgIpc) is 2.83. The molecule has 8 heteroatoms. The fraction of sp³-hybridized carbons (Fsp3) is 0.480. The van der Waals surface area contributed by atoms with Gasteiger partial charge in [-0.1, -0.05) is 13.0 Å². The van der Waals surface area contributed by atoms with Gasteiger partial charge < -0.3 is 15.5 Å². The lowest BCUT2D eigenvalue weighted by molar-refractivity contribution is 0.0939. The molecule has 1 aliphatic carbocycles. The zero-order valence-corrected chi connectivity index (χ0v) is 20.3. The van der Waals surface area contributed by atoms with E-state index in [2.05, 4.69) is 20.3 Å². The molecule has 2 aromatic carbocycles. The molecule has 1 heterocycles. The summed E-state index contributed by atoms with van der Waals surface area (Å²) in [7, 11) is -3.80. The van der Waals surface area contributed by atoms with Crippen LogP contribution >= 0.6 is 0 Å². The van der Waals surface area contributed by atoms with E-state index in [-0.39, 0.29) is 16.8 Å². The molecule has 0 radical (unpaired) electrons. The average molecular weight is 471 g/mol. The van der Waals surface area contributed by atoms with Gasteiger partial charge in [-0.3, -0.25) is 9.52 Å². The number of hydrogen-bond donors (Lipinski definition) is 3. The third-order valence-electron chi connectivity index (χ3n) is 6.58. The van der Waals surface area contributed by atoms with Gasteiger partial charge in [-0.25, -0.2) is 8.42 Å². The molecule has 7 nitrogen and oxygen atoms in total. The Bertz CT molecular complexity index is 1110. The fourth-order valence-corrected chi connectivity index (χ4v) is 5.55. The monoisotopic (exact) mass is 470 g/mol. The molecule has 0 saturated carbocycles. The minimum atomic E-state index is -3.80. The first-order chi connectivity index (χ1) is 15.9. The number of anilines is 2. The van der Waals surface area contributed by atoms with E-state index in [9.17, 15) is 13.2 Å². The maximum absolute atomic E-state index is 13.4. The molecule has 1 atom stereocenters. The molecule has 1 fully saturated rings. The van der Waals surface area contributed by atoms with E-state index in [1.165, 1.54) is 5.56 Å². The van der Waals surface area contributed by atoms with Crippen molar-refractivity contribution >= 4 is 27.3 Å². The number of carbonyl (C=O) groups excluding carboxylic acids is 1. The van der Waals surface area contributed by atoms with E-state index in [1.54, 1.807) is 24.3 Å². The number of carbonyl (C=O) groups is 1. The van der Waals surface area contributed by atoms with Crippen LogP contribution in [0.3, 0.4) is 0 Å². The second-order valence-corrected chi connectivity index (χ2v) is 10.7. The first kappa shape index (κ1) is 23.6. The van der Waals surface area contributed by atoms with Gasteiger partial charge in [0, 0.05) is 37.8 Å². The summed E-state index contributed by atoms with van der Waals surface area (Å²) in [6, 6.07) is 10.8. The molecule has 1 amide bonds. The molecule has 0 aromatic heterocycles. The SMILES string of the molecule is CC[C@@H](C)NC(=O)c1ccc(N2CCNCC2)c(NS(=O)(=O)c2ccc3c(c2)CCCC3)c1. The Morgan fingerprint density at radius 3 is 2.52 bits per heavy atom. The van der Waals surface area contributed by atoms with Gasteiger partial charge in [0.15, 0.2) is 0 Å². The van der Waals surface area contributed by atoms with E-state index < -0.39 is 10.0 Å². The summed E-state index contributed by atoms with van der Waals surface area (Å²) in [5.41, 5.74) is 4.03. The minimum absolute atomic E-state index is 0.0426. The van der Waals surface area contributed by atoms with Crippen LogP contribution in [0, 0.1) is 0 Å². The summed E-state index contributed by atoms with van der Waals surface area (Å²) >= 11 is 0. The Morgan fingerprint density at radius 1 is 1.06 bits per heavy atom. The van der Waals surface area contributed by atoms with Crippen molar-refractivity contribution in [3.63, 3.8) is 0 Å². The molecule has 1 saturated heterocycles. The van der Waals surface area contributed by atoms with Crippen molar-refractivity contribution in [1.82, 2.24) is 10.6 Å². The van der Waals surface area contributed by atoms with Gasteiger partial charge in [-0.2, -0.15) is 0 Å². The Morgan fingerprint density at radius 2 is 1.79 bits per heavy atom. The van der Waals surface area contributed by atoms with Crippen LogP contribution in [0.4, 0.5) is 11.4 Å². The van der Waals surface area contributed by atoms with Crippen molar-refractivity contribution in [1.29, 1.82) is 0 Å². The summed E-state index contributed by atoms with van der Waals surface area (Å²) in [6.45, 7) is 7.15. The van der Waals surface area contributed by atoms with Gasteiger partial charge in [0.25, 0.3) is 15.9 Å². The summed E-state index contributed by atoms with van der Waals surface area (Å²) in [5, 5.41) is 6.28. The van der Waals surface area contributed by atoms with Gasteiger partial charge in [0.2, 0.25) is 0 Å². The number of fused-ring (bicyclic) bond motifs is 1. The number of aryl methyl sites for hydroxylation is 2. The predicted octanol–water partition coefficient (Wildman–Crippen LogP) is 3.30. The molecule has 2 aliphatic rings. The molecule has 0 bridgehead atoms. The highest BCUT2D eigenvalue weighted by molar-refractivity contribution is 7.92. The van der Waals surface area contributed by atoms with Crippen LogP contribution in [0.25, 0.3) is 0 Å². The Labute approximate surface area is 197 Å². The van der Waals surface area contributed by atoms with Crippen molar-refractivity contribution in [2.75, 3.05) is 35.8 Å². The summed E-state index contributed by atoms with van der Waals surface area (Å²) in [5.74, 6) is -0.203. The molecule has 4 rings (SSSR count). The molecular formula is C25H34N4O3S. The van der Waals surface area contributed by atoms with Crippen LogP contribution in [0.5, 0.6) is 0 Å². The van der Waals surface area contributed by atoms with E-state index in [0.717, 1.165) is 69.5 Å². The minimum Gasteiger partial charge on any atom is -0.367 e. The Balaban J connectivity index is 1.67. The number of sulfonamides is 1. The lowest BCUT2D eigenvalue weighted by atomic mass is 9.92. The zero-order valence-electron chi connectivity index (χ0n) is 19.5. The molecule has 3 N–H and O–H groups in total. The molecule has 178 valence electrons. The third kappa shape index (κ3) is 5.50. The van der Waals surface area contributed by atoms with Gasteiger partial charge in [-0.05, 0) is 80.5 Å². The number of piperazine rings is 1. The van der Waals surface area contributed by atoms with Crippen LogP contribution in [-0.2, 0) is 22.9 Å². The van der Waals surface area contributed by atoms with Crippen LogP contribution in [-0.4, -0.2) is 46.5 Å². The van der Waals surface area contributed by atoms with Crippen LogP contribution < -0.4 is 20.3 Å². The lowest BCUT2D eigenvalue weighted by Gasteiger charge is -2.31. The van der Waals surface area contributed by atoms with Gasteiger partial charge in [-0.15, -0.1) is 0 Å². The third-order valence-corrected chi connectivity index (χ3v) is 7.94. The number of amides is 1. The second kappa shape index (κ2) is 10.1. The van der Waals surface area contributed by atoms with E-state index in [0.29, 0.717) is 11.3 Å². The highest BCUT2D eigenvalue weighted by Crippen LogP contribution is 2.31. The zero-order chi connectivity index (χ0) is 23.4. The maximum Gasteiger partial charge on any atom is 0.261 e. The largest absolute Gasteiger partial charge is 0.367 e. The topological polar surface area (TPSA) is 90.5 Å². The van der Waals surface area contributed by atoms with Gasteiger partial charge >= 0.3 is 0 Å². The number of benzene rings is 2. The molecule has 33 heavy (non-hydrogen) atoms. The molecule has 0 unspecified atom stereocenters. The standard InChI is InChI=1S/C25H34N4O3S/c1-3-18(2)27-25(30)21-9-11-24(29-14-12-26-13-15-29)23(17-21)28-33(31,32)22-10-8-19-6-4-5-7-20(19)16-22/h8-11,16-18,26,28H,3-7,12-15H2,1-2H3,(H,27,30)/t18-/m1/s1. The predicted molar refractivity (Wildman–Crippen MR) is 133 cm³/mol. The second-order valence-electron chi connectivity index (χ2n) is 8.99. The van der Waals surface area contributed by atoms with E-state index >= 15 is 0 Å². The number of nitrogens with one attached hydrogen (secondary N) is 3. The van der Waals surface area contributed by atoms with E-state index in [4.69, 9.17) is 0 Å². The van der Waals surface area contributed by atoms with Gasteiger partial charge in [0.05, 0.1) is 16.3 Å². The van der Waals surface area contributed by atoms with Crippen LogP contribution in [0.15, 0.2) is 41.3 Å². The Hall–Kier alpha value is -2.58. The summed E-state index contributed by atoms with van der Waals surface area (Å²) in [4.78, 5) is 15.2. The molecule has 2 aromatic rings. The smallest absolute Gasteiger partial charge is 0.261 e. The van der Waals surface area contributed by atoms with Crippen molar-refractivity contribution in [3.8, 4) is 0 Å². The lowest BCUT2D eigenvalue weighted by Crippen LogP contribution is -2.43. The van der Waals surface area contributed by atoms with Crippen molar-refractivity contribution in [2.24, 2.45) is 0 Å². The molecule has 0 spiro atoms. The van der Waals surface area contributed by atoms with Crippen LogP contribution in [0.1, 0.15) is 54.6 Å².